The van der Waals surface area contributed by atoms with Gasteiger partial charge in [0.1, 0.15) is 0 Å². The number of carbonyl (C=O) groups excluding carboxylic acids is 1. The molecule has 0 aromatic rings. The van der Waals surface area contributed by atoms with E-state index in [4.69, 9.17) is 9.47 Å². The maximum absolute atomic E-state index is 10.6. The normalized spacial score (nSPS) is 14.1. The molecule has 4 heteroatoms. The number of alkyl halides is 1. The molecule has 1 atom stereocenters. The highest BCUT2D eigenvalue weighted by atomic mass is 79.9. The first-order chi connectivity index (χ1) is 5.37. The van der Waals surface area contributed by atoms with E-state index < -0.39 is 5.79 Å². The lowest BCUT2D eigenvalue weighted by Crippen LogP contribution is -2.34. The van der Waals surface area contributed by atoms with Crippen LogP contribution in [-0.2, 0) is 14.3 Å². The molecule has 72 valence electrons. The van der Waals surface area contributed by atoms with E-state index in [0.29, 0.717) is 0 Å². The first-order valence-corrected chi connectivity index (χ1v) is 4.93. The Balaban J connectivity index is 3.94. The second-order valence-corrected chi connectivity index (χ2v) is 3.72. The van der Waals surface area contributed by atoms with Crippen LogP contribution in [0.25, 0.3) is 0 Å². The lowest BCUT2D eigenvalue weighted by atomic mass is 10.3. The second-order valence-electron chi connectivity index (χ2n) is 3.08. The van der Waals surface area contributed by atoms with Gasteiger partial charge in [0.15, 0.2) is 0 Å². The Hall–Kier alpha value is -0.0900. The molecule has 0 aliphatic heterocycles. The molecular weight excluding hydrogens is 224 g/mol. The second kappa shape index (κ2) is 4.82. The van der Waals surface area contributed by atoms with Crippen LogP contribution < -0.4 is 0 Å². The molecule has 0 fully saturated rings. The van der Waals surface area contributed by atoms with Crippen LogP contribution in [0.2, 0.25) is 0 Å². The maximum atomic E-state index is 10.6. The van der Waals surface area contributed by atoms with Gasteiger partial charge in [0, 0.05) is 26.1 Å². The molecule has 0 amide bonds. The van der Waals surface area contributed by atoms with Crippen LogP contribution in [-0.4, -0.2) is 23.2 Å². The molecular formula is C8H15BrO3. The molecule has 0 aromatic carbocycles. The summed E-state index contributed by atoms with van der Waals surface area (Å²) < 4.78 is 10.3. The molecule has 0 saturated carbocycles. The molecule has 0 saturated heterocycles. The minimum atomic E-state index is -0.834. The van der Waals surface area contributed by atoms with Crippen LogP contribution in [0.4, 0.5) is 0 Å². The lowest BCUT2D eigenvalue weighted by molar-refractivity contribution is -0.224. The average Bonchev–Trinajstić information content (AvgIpc) is 1.83. The number of hydrogen-bond donors (Lipinski definition) is 0. The van der Waals surface area contributed by atoms with Gasteiger partial charge in [-0.2, -0.15) is 0 Å². The molecule has 1 unspecified atom stereocenters. The minimum Gasteiger partial charge on any atom is -0.434 e. The van der Waals surface area contributed by atoms with Gasteiger partial charge in [0.2, 0.25) is 5.79 Å². The third-order valence-electron chi connectivity index (χ3n) is 1.09. The van der Waals surface area contributed by atoms with Crippen LogP contribution in [0.3, 0.4) is 0 Å². The van der Waals surface area contributed by atoms with Gasteiger partial charge in [-0.25, -0.2) is 0 Å². The van der Waals surface area contributed by atoms with Gasteiger partial charge in [0.25, 0.3) is 0 Å². The van der Waals surface area contributed by atoms with Crippen LogP contribution in [0, 0.1) is 0 Å². The standard InChI is InChI=1S/C8H15BrO3/c1-6(5-9)11-8(3,4)12-7(2)10/h6H,5H2,1-4H3. The zero-order chi connectivity index (χ0) is 9.78. The first kappa shape index (κ1) is 11.9. The van der Waals surface area contributed by atoms with Crippen LogP contribution in [0.5, 0.6) is 0 Å². The lowest BCUT2D eigenvalue weighted by Gasteiger charge is -2.27. The summed E-state index contributed by atoms with van der Waals surface area (Å²) in [6, 6.07) is 0. The van der Waals surface area contributed by atoms with E-state index in [1.165, 1.54) is 6.92 Å². The van der Waals surface area contributed by atoms with E-state index >= 15 is 0 Å². The van der Waals surface area contributed by atoms with Crippen molar-refractivity contribution < 1.29 is 14.3 Å². The van der Waals surface area contributed by atoms with Crippen molar-refractivity contribution in [2.45, 2.75) is 39.6 Å². The molecule has 3 nitrogen and oxygen atoms in total. The Morgan fingerprint density at radius 1 is 1.58 bits per heavy atom. The third-order valence-corrected chi connectivity index (χ3v) is 2.00. The van der Waals surface area contributed by atoms with Crippen molar-refractivity contribution in [3.05, 3.63) is 0 Å². The molecule has 0 aliphatic carbocycles. The molecule has 0 radical (unpaired) electrons. The minimum absolute atomic E-state index is 0.0272. The van der Waals surface area contributed by atoms with Crippen molar-refractivity contribution in [3.8, 4) is 0 Å². The van der Waals surface area contributed by atoms with Crippen LogP contribution in [0.1, 0.15) is 27.7 Å². The fraction of sp³-hybridized carbons (Fsp3) is 0.875. The zero-order valence-electron chi connectivity index (χ0n) is 7.89. The van der Waals surface area contributed by atoms with Gasteiger partial charge >= 0.3 is 5.97 Å². The number of rotatable bonds is 4. The van der Waals surface area contributed by atoms with Crippen molar-refractivity contribution in [2.24, 2.45) is 0 Å². The number of carbonyl (C=O) groups is 1. The molecule has 0 bridgehead atoms. The molecule has 12 heavy (non-hydrogen) atoms. The number of hydrogen-bond acceptors (Lipinski definition) is 3. The predicted molar refractivity (Wildman–Crippen MR) is 50.2 cm³/mol. The predicted octanol–water partition coefficient (Wildman–Crippen LogP) is 2.09. The largest absolute Gasteiger partial charge is 0.434 e. The summed E-state index contributed by atoms with van der Waals surface area (Å²) in [5, 5.41) is 0.720. The quantitative estimate of drug-likeness (QED) is 0.428. The van der Waals surface area contributed by atoms with Crippen molar-refractivity contribution in [2.75, 3.05) is 5.33 Å². The van der Waals surface area contributed by atoms with Gasteiger partial charge < -0.3 is 9.47 Å². The average molecular weight is 239 g/mol. The molecule has 0 heterocycles. The molecule has 0 spiro atoms. The highest BCUT2D eigenvalue weighted by molar-refractivity contribution is 9.09. The summed E-state index contributed by atoms with van der Waals surface area (Å²) in [6.07, 6.45) is 0.0272. The van der Waals surface area contributed by atoms with E-state index in [2.05, 4.69) is 15.9 Å². The van der Waals surface area contributed by atoms with E-state index in [-0.39, 0.29) is 12.1 Å². The maximum Gasteiger partial charge on any atom is 0.305 e. The summed E-state index contributed by atoms with van der Waals surface area (Å²) in [6.45, 7) is 6.70. The van der Waals surface area contributed by atoms with Crippen molar-refractivity contribution in [1.29, 1.82) is 0 Å². The Morgan fingerprint density at radius 2 is 2.08 bits per heavy atom. The fourth-order valence-corrected chi connectivity index (χ4v) is 1.02. The summed E-state index contributed by atoms with van der Waals surface area (Å²) in [5.74, 6) is -1.17. The summed E-state index contributed by atoms with van der Waals surface area (Å²) >= 11 is 3.27. The number of halogens is 1. The SMILES string of the molecule is CC(=O)OC(C)(C)OC(C)CBr. The first-order valence-electron chi connectivity index (χ1n) is 3.81. The van der Waals surface area contributed by atoms with Gasteiger partial charge in [-0.15, -0.1) is 0 Å². The van der Waals surface area contributed by atoms with Gasteiger partial charge in [-0.05, 0) is 6.92 Å². The molecule has 0 N–H and O–H groups in total. The van der Waals surface area contributed by atoms with Gasteiger partial charge in [-0.1, -0.05) is 15.9 Å². The fourth-order valence-electron chi connectivity index (χ4n) is 0.886. The molecule has 0 rings (SSSR count). The van der Waals surface area contributed by atoms with E-state index in [1.54, 1.807) is 13.8 Å². The van der Waals surface area contributed by atoms with Crippen molar-refractivity contribution >= 4 is 21.9 Å². The van der Waals surface area contributed by atoms with E-state index in [9.17, 15) is 4.79 Å². The topological polar surface area (TPSA) is 35.5 Å². The molecule has 0 aromatic heterocycles. The Kier molecular flexibility index (Phi) is 4.78. The van der Waals surface area contributed by atoms with Crippen LogP contribution >= 0.6 is 15.9 Å². The monoisotopic (exact) mass is 238 g/mol. The Morgan fingerprint density at radius 3 is 2.42 bits per heavy atom. The summed E-state index contributed by atoms with van der Waals surface area (Å²) in [5.41, 5.74) is 0. The van der Waals surface area contributed by atoms with Gasteiger partial charge in [0.05, 0.1) is 6.10 Å². The summed E-state index contributed by atoms with van der Waals surface area (Å²) in [7, 11) is 0. The highest BCUT2D eigenvalue weighted by Crippen LogP contribution is 2.15. The number of ether oxygens (including phenoxy) is 2. The third kappa shape index (κ3) is 5.55. The van der Waals surface area contributed by atoms with Crippen molar-refractivity contribution in [3.63, 3.8) is 0 Å². The summed E-state index contributed by atoms with van der Waals surface area (Å²) in [4.78, 5) is 10.6. The van der Waals surface area contributed by atoms with Gasteiger partial charge in [-0.3, -0.25) is 4.79 Å². The number of esters is 1. The van der Waals surface area contributed by atoms with E-state index in [0.717, 1.165) is 5.33 Å². The highest BCUT2D eigenvalue weighted by Gasteiger charge is 2.23. The van der Waals surface area contributed by atoms with Crippen LogP contribution in [0.15, 0.2) is 0 Å². The smallest absolute Gasteiger partial charge is 0.305 e. The Bertz CT molecular complexity index is 156. The molecule has 0 aliphatic rings. The van der Waals surface area contributed by atoms with Crippen molar-refractivity contribution in [1.82, 2.24) is 0 Å². The van der Waals surface area contributed by atoms with E-state index in [1.807, 2.05) is 6.92 Å². The zero-order valence-corrected chi connectivity index (χ0v) is 9.47. The Labute approximate surface area is 81.6 Å².